The SMILES string of the molecule is CCOc1cc(/C=C(/C#N)C(=O)Nc2ccc(N(CC)CC)cc2)ccc1OCc1c(Cl)cccc1Cl. The second-order valence-electron chi connectivity index (χ2n) is 7.97. The Bertz CT molecular complexity index is 1280. The molecule has 8 heteroatoms. The smallest absolute Gasteiger partial charge is 0.266 e. The Morgan fingerprint density at radius 2 is 1.65 bits per heavy atom. The molecule has 0 aliphatic carbocycles. The van der Waals surface area contributed by atoms with E-state index < -0.39 is 5.91 Å². The number of benzene rings is 3. The van der Waals surface area contributed by atoms with Crippen LogP contribution in [0.4, 0.5) is 11.4 Å². The van der Waals surface area contributed by atoms with E-state index in [0.29, 0.717) is 45.0 Å². The van der Waals surface area contributed by atoms with Crippen molar-refractivity contribution in [2.24, 2.45) is 0 Å². The molecule has 192 valence electrons. The first-order valence-electron chi connectivity index (χ1n) is 12.0. The number of nitrogens with zero attached hydrogens (tertiary/aromatic N) is 2. The molecule has 6 nitrogen and oxygen atoms in total. The van der Waals surface area contributed by atoms with E-state index in [1.54, 1.807) is 36.4 Å². The molecule has 0 saturated heterocycles. The first-order valence-corrected chi connectivity index (χ1v) is 12.8. The average Bonchev–Trinajstić information content (AvgIpc) is 2.89. The normalized spacial score (nSPS) is 11.0. The van der Waals surface area contributed by atoms with E-state index in [0.717, 1.165) is 18.8 Å². The summed E-state index contributed by atoms with van der Waals surface area (Å²) in [6, 6.07) is 20.0. The largest absolute Gasteiger partial charge is 0.490 e. The van der Waals surface area contributed by atoms with Gasteiger partial charge in [0.25, 0.3) is 5.91 Å². The minimum Gasteiger partial charge on any atom is -0.490 e. The van der Waals surface area contributed by atoms with Crippen LogP contribution in [0.25, 0.3) is 6.08 Å². The van der Waals surface area contributed by atoms with Gasteiger partial charge in [-0.3, -0.25) is 4.79 Å². The highest BCUT2D eigenvalue weighted by molar-refractivity contribution is 6.35. The number of anilines is 2. The van der Waals surface area contributed by atoms with E-state index in [9.17, 15) is 10.1 Å². The predicted molar refractivity (Wildman–Crippen MR) is 151 cm³/mol. The van der Waals surface area contributed by atoms with Crippen molar-refractivity contribution >= 4 is 46.6 Å². The molecule has 0 unspecified atom stereocenters. The van der Waals surface area contributed by atoms with Gasteiger partial charge in [0, 0.05) is 40.1 Å². The molecule has 0 radical (unpaired) electrons. The summed E-state index contributed by atoms with van der Waals surface area (Å²) in [5, 5.41) is 13.4. The fraction of sp³-hybridized carbons (Fsp3) is 0.241. The number of amides is 1. The van der Waals surface area contributed by atoms with Gasteiger partial charge >= 0.3 is 0 Å². The number of carbonyl (C=O) groups excluding carboxylic acids is 1. The van der Waals surface area contributed by atoms with Gasteiger partial charge in [0.2, 0.25) is 0 Å². The maximum atomic E-state index is 12.8. The molecule has 0 heterocycles. The van der Waals surface area contributed by atoms with E-state index in [1.807, 2.05) is 37.3 Å². The minimum atomic E-state index is -0.496. The average molecular weight is 538 g/mol. The van der Waals surface area contributed by atoms with Crippen molar-refractivity contribution in [2.45, 2.75) is 27.4 Å². The zero-order valence-electron chi connectivity index (χ0n) is 21.1. The van der Waals surface area contributed by atoms with Gasteiger partial charge in [-0.15, -0.1) is 0 Å². The van der Waals surface area contributed by atoms with Crippen LogP contribution in [0.5, 0.6) is 11.5 Å². The zero-order valence-corrected chi connectivity index (χ0v) is 22.6. The van der Waals surface area contributed by atoms with Gasteiger partial charge in [-0.25, -0.2) is 0 Å². The molecule has 0 spiro atoms. The summed E-state index contributed by atoms with van der Waals surface area (Å²) >= 11 is 12.5. The van der Waals surface area contributed by atoms with Crippen molar-refractivity contribution in [3.8, 4) is 17.6 Å². The third kappa shape index (κ3) is 7.42. The highest BCUT2D eigenvalue weighted by Gasteiger charge is 2.13. The van der Waals surface area contributed by atoms with Gasteiger partial charge in [-0.05, 0) is 80.9 Å². The van der Waals surface area contributed by atoms with Crippen molar-refractivity contribution < 1.29 is 14.3 Å². The van der Waals surface area contributed by atoms with Crippen LogP contribution in [-0.4, -0.2) is 25.6 Å². The molecule has 0 atom stereocenters. The van der Waals surface area contributed by atoms with E-state index in [2.05, 4.69) is 24.1 Å². The first kappa shape index (κ1) is 27.9. The lowest BCUT2D eigenvalue weighted by molar-refractivity contribution is -0.112. The second kappa shape index (κ2) is 13.6. The molecular weight excluding hydrogens is 509 g/mol. The summed E-state index contributed by atoms with van der Waals surface area (Å²) in [5.74, 6) is 0.472. The van der Waals surface area contributed by atoms with Crippen molar-refractivity contribution in [3.63, 3.8) is 0 Å². The maximum absolute atomic E-state index is 12.8. The molecule has 1 amide bonds. The van der Waals surface area contributed by atoms with Crippen LogP contribution in [0.3, 0.4) is 0 Å². The zero-order chi connectivity index (χ0) is 26.8. The molecule has 3 rings (SSSR count). The molecule has 0 aliphatic rings. The topological polar surface area (TPSA) is 74.6 Å². The van der Waals surface area contributed by atoms with Crippen molar-refractivity contribution in [1.29, 1.82) is 5.26 Å². The first-order chi connectivity index (χ1) is 17.9. The molecule has 3 aromatic rings. The number of rotatable bonds is 11. The number of hydrogen-bond acceptors (Lipinski definition) is 5. The van der Waals surface area contributed by atoms with Gasteiger partial charge < -0.3 is 19.7 Å². The minimum absolute atomic E-state index is 0.0354. The molecule has 0 saturated carbocycles. The van der Waals surface area contributed by atoms with E-state index in [1.165, 1.54) is 6.08 Å². The van der Waals surface area contributed by atoms with Gasteiger partial charge in [0.05, 0.1) is 6.61 Å². The summed E-state index contributed by atoms with van der Waals surface area (Å²) in [6.07, 6.45) is 1.51. The Labute approximate surface area is 228 Å². The molecule has 1 N–H and O–H groups in total. The summed E-state index contributed by atoms with van der Waals surface area (Å²) < 4.78 is 11.7. The van der Waals surface area contributed by atoms with Gasteiger partial charge in [-0.2, -0.15) is 5.26 Å². The fourth-order valence-electron chi connectivity index (χ4n) is 3.68. The van der Waals surface area contributed by atoms with Crippen LogP contribution >= 0.6 is 23.2 Å². The lowest BCUT2D eigenvalue weighted by atomic mass is 10.1. The maximum Gasteiger partial charge on any atom is 0.266 e. The third-order valence-corrected chi connectivity index (χ3v) is 6.34. The van der Waals surface area contributed by atoms with Crippen LogP contribution in [-0.2, 0) is 11.4 Å². The lowest BCUT2D eigenvalue weighted by Gasteiger charge is -2.21. The highest BCUT2D eigenvalue weighted by atomic mass is 35.5. The Kier molecular flexibility index (Phi) is 10.3. The van der Waals surface area contributed by atoms with E-state index >= 15 is 0 Å². The summed E-state index contributed by atoms with van der Waals surface area (Å²) in [6.45, 7) is 8.39. The van der Waals surface area contributed by atoms with Gasteiger partial charge in [-0.1, -0.05) is 35.3 Å². The number of ether oxygens (including phenoxy) is 2. The summed E-state index contributed by atoms with van der Waals surface area (Å²) in [4.78, 5) is 15.0. The molecule has 0 bridgehead atoms. The monoisotopic (exact) mass is 537 g/mol. The van der Waals surface area contributed by atoms with E-state index in [4.69, 9.17) is 32.7 Å². The van der Waals surface area contributed by atoms with Gasteiger partial charge in [0.15, 0.2) is 11.5 Å². The van der Waals surface area contributed by atoms with Crippen LogP contribution in [0.15, 0.2) is 66.2 Å². The number of hydrogen-bond donors (Lipinski definition) is 1. The van der Waals surface area contributed by atoms with Crippen LogP contribution < -0.4 is 19.7 Å². The Hall–Kier alpha value is -3.66. The molecule has 37 heavy (non-hydrogen) atoms. The number of halogens is 2. The second-order valence-corrected chi connectivity index (χ2v) is 8.79. The Balaban J connectivity index is 1.76. The molecule has 3 aromatic carbocycles. The summed E-state index contributed by atoms with van der Waals surface area (Å²) in [5.41, 5.74) is 2.94. The quantitative estimate of drug-likeness (QED) is 0.204. The molecule has 0 aromatic heterocycles. The molecular formula is C29H29Cl2N3O3. The lowest BCUT2D eigenvalue weighted by Crippen LogP contribution is -2.21. The van der Waals surface area contributed by atoms with Crippen LogP contribution in [0, 0.1) is 11.3 Å². The highest BCUT2D eigenvalue weighted by Crippen LogP contribution is 2.32. The Morgan fingerprint density at radius 1 is 0.973 bits per heavy atom. The number of nitriles is 1. The predicted octanol–water partition coefficient (Wildman–Crippen LogP) is 7.36. The molecule has 0 fully saturated rings. The fourth-order valence-corrected chi connectivity index (χ4v) is 4.19. The van der Waals surface area contributed by atoms with Crippen molar-refractivity contribution in [1.82, 2.24) is 0 Å². The number of carbonyl (C=O) groups is 1. The van der Waals surface area contributed by atoms with Crippen LogP contribution in [0.1, 0.15) is 31.9 Å². The van der Waals surface area contributed by atoms with Gasteiger partial charge in [0.1, 0.15) is 18.2 Å². The van der Waals surface area contributed by atoms with Crippen molar-refractivity contribution in [2.75, 3.05) is 29.9 Å². The number of nitrogens with one attached hydrogen (secondary N) is 1. The van der Waals surface area contributed by atoms with Crippen molar-refractivity contribution in [3.05, 3.63) is 87.4 Å². The third-order valence-electron chi connectivity index (χ3n) is 5.63. The van der Waals surface area contributed by atoms with E-state index in [-0.39, 0.29) is 12.2 Å². The molecule has 0 aliphatic heterocycles. The Morgan fingerprint density at radius 3 is 2.24 bits per heavy atom. The van der Waals surface area contributed by atoms with Crippen LogP contribution in [0.2, 0.25) is 10.0 Å². The standard InChI is InChI=1S/C29H29Cl2N3O3/c1-4-34(5-2)23-13-11-22(12-14-23)33-29(35)21(18-32)16-20-10-15-27(28(17-20)36-6-3)37-19-24-25(30)8-7-9-26(24)31/h7-17H,4-6,19H2,1-3H3,(H,33,35)/b21-16-. The summed E-state index contributed by atoms with van der Waals surface area (Å²) in [7, 11) is 0.